The molecular weight excluding hydrogens is 342 g/mol. The summed E-state index contributed by atoms with van der Waals surface area (Å²) >= 11 is 0. The van der Waals surface area contributed by atoms with E-state index in [1.54, 1.807) is 0 Å². The summed E-state index contributed by atoms with van der Waals surface area (Å²) in [5.74, 6) is 0.215. The van der Waals surface area contributed by atoms with Crippen LogP contribution in [0.5, 0.6) is 5.75 Å². The molecule has 0 aromatic heterocycles. The van der Waals surface area contributed by atoms with Crippen molar-refractivity contribution in [2.45, 2.75) is 64.5 Å². The van der Waals surface area contributed by atoms with E-state index in [-0.39, 0.29) is 18.2 Å². The second kappa shape index (κ2) is 9.22. The number of amides is 2. The molecule has 6 heteroatoms. The van der Waals surface area contributed by atoms with Gasteiger partial charge in [-0.15, -0.1) is 0 Å². The van der Waals surface area contributed by atoms with E-state index >= 15 is 0 Å². The van der Waals surface area contributed by atoms with Gasteiger partial charge in [0.15, 0.2) is 6.10 Å². The minimum atomic E-state index is -0.772. The highest BCUT2D eigenvalue weighted by Gasteiger charge is 2.29. The fourth-order valence-corrected chi connectivity index (χ4v) is 3.97. The molecule has 0 bridgehead atoms. The predicted molar refractivity (Wildman–Crippen MR) is 106 cm³/mol. The zero-order valence-electron chi connectivity index (χ0n) is 16.4. The molecule has 27 heavy (non-hydrogen) atoms. The first kappa shape index (κ1) is 19.7. The number of hydrogen-bond donors (Lipinski definition) is 2. The van der Waals surface area contributed by atoms with Gasteiger partial charge in [0.2, 0.25) is 5.91 Å². The van der Waals surface area contributed by atoms with Crippen LogP contribution in [0, 0.1) is 6.92 Å². The van der Waals surface area contributed by atoms with Gasteiger partial charge in [0.1, 0.15) is 5.75 Å². The third kappa shape index (κ3) is 5.22. The lowest BCUT2D eigenvalue weighted by atomic mass is 10.00. The van der Waals surface area contributed by atoms with E-state index in [2.05, 4.69) is 22.5 Å². The molecule has 6 nitrogen and oxygen atoms in total. The molecule has 1 saturated heterocycles. The van der Waals surface area contributed by atoms with E-state index < -0.39 is 6.10 Å². The Morgan fingerprint density at radius 3 is 3.04 bits per heavy atom. The van der Waals surface area contributed by atoms with Crippen LogP contribution >= 0.6 is 0 Å². The van der Waals surface area contributed by atoms with Crippen molar-refractivity contribution in [1.29, 1.82) is 0 Å². The molecule has 0 saturated carbocycles. The van der Waals surface area contributed by atoms with Gasteiger partial charge in [-0.25, -0.2) is 0 Å². The summed E-state index contributed by atoms with van der Waals surface area (Å²) in [4.78, 5) is 26.9. The fraction of sp³-hybridized carbons (Fsp3) is 0.619. The average molecular weight is 373 g/mol. The number of carbonyl (C=O) groups excluding carboxylic acids is 2. The van der Waals surface area contributed by atoms with Crippen LogP contribution in [0.1, 0.15) is 51.0 Å². The Kier molecular flexibility index (Phi) is 6.72. The van der Waals surface area contributed by atoms with E-state index in [9.17, 15) is 9.59 Å². The summed E-state index contributed by atoms with van der Waals surface area (Å²) in [6.07, 6.45) is 5.30. The van der Waals surface area contributed by atoms with Gasteiger partial charge in [0, 0.05) is 19.1 Å². The molecule has 0 unspecified atom stereocenters. The summed E-state index contributed by atoms with van der Waals surface area (Å²) in [6.45, 7) is 7.03. The number of benzene rings is 1. The number of nitrogens with zero attached hydrogens (tertiary/aromatic N) is 1. The van der Waals surface area contributed by atoms with Gasteiger partial charge in [-0.1, -0.05) is 19.4 Å². The Morgan fingerprint density at radius 1 is 1.37 bits per heavy atom. The standard InChI is InChI=1S/C21H31N3O3/c1-3-16-7-4-5-11-24(16)12-6-10-22-20(25)14-19-21(26)23-17-13-15(2)8-9-18(17)27-19/h8-9,13,16,19H,3-7,10-12,14H2,1-2H3,(H,22,25)(H,23,26)/t16-,19+/m1/s1. The van der Waals surface area contributed by atoms with Crippen molar-refractivity contribution in [1.82, 2.24) is 10.2 Å². The lowest BCUT2D eigenvalue weighted by Crippen LogP contribution is -2.42. The number of likely N-dealkylation sites (tertiary alicyclic amines) is 1. The molecular formula is C21H31N3O3. The van der Waals surface area contributed by atoms with Crippen molar-refractivity contribution in [2.24, 2.45) is 0 Å². The lowest BCUT2D eigenvalue weighted by Gasteiger charge is -2.35. The molecule has 1 aromatic carbocycles. The maximum Gasteiger partial charge on any atom is 0.266 e. The number of rotatable bonds is 7. The van der Waals surface area contributed by atoms with Gasteiger partial charge in [-0.3, -0.25) is 9.59 Å². The van der Waals surface area contributed by atoms with Gasteiger partial charge >= 0.3 is 0 Å². The van der Waals surface area contributed by atoms with Crippen molar-refractivity contribution in [3.8, 4) is 5.75 Å². The van der Waals surface area contributed by atoms with Crippen LogP contribution < -0.4 is 15.4 Å². The van der Waals surface area contributed by atoms with Crippen molar-refractivity contribution in [3.63, 3.8) is 0 Å². The van der Waals surface area contributed by atoms with Gasteiger partial charge in [-0.05, 0) is 56.8 Å². The maximum absolute atomic E-state index is 12.2. The van der Waals surface area contributed by atoms with Crippen LogP contribution in [0.2, 0.25) is 0 Å². The molecule has 2 heterocycles. The molecule has 1 aromatic rings. The number of ether oxygens (including phenoxy) is 1. The van der Waals surface area contributed by atoms with E-state index in [0.717, 1.165) is 18.5 Å². The number of fused-ring (bicyclic) bond motifs is 1. The molecule has 0 radical (unpaired) electrons. The highest BCUT2D eigenvalue weighted by Crippen LogP contribution is 2.31. The van der Waals surface area contributed by atoms with E-state index in [4.69, 9.17) is 4.74 Å². The number of anilines is 1. The molecule has 3 rings (SSSR count). The van der Waals surface area contributed by atoms with Crippen LogP contribution in [-0.4, -0.2) is 48.5 Å². The summed E-state index contributed by atoms with van der Waals surface area (Å²) in [5, 5.41) is 5.76. The van der Waals surface area contributed by atoms with Gasteiger partial charge < -0.3 is 20.3 Å². The van der Waals surface area contributed by atoms with Crippen LogP contribution in [0.3, 0.4) is 0 Å². The molecule has 2 amide bonds. The molecule has 2 aliphatic heterocycles. The Hall–Kier alpha value is -2.08. The maximum atomic E-state index is 12.2. The number of hydrogen-bond acceptors (Lipinski definition) is 4. The SMILES string of the molecule is CC[C@@H]1CCCCN1CCCNC(=O)C[C@@H]1Oc2ccc(C)cc2NC1=O. The van der Waals surface area contributed by atoms with Crippen molar-refractivity contribution in [3.05, 3.63) is 23.8 Å². The first-order chi connectivity index (χ1) is 13.1. The van der Waals surface area contributed by atoms with Crippen molar-refractivity contribution < 1.29 is 14.3 Å². The van der Waals surface area contributed by atoms with Gasteiger partial charge in [-0.2, -0.15) is 0 Å². The monoisotopic (exact) mass is 373 g/mol. The molecule has 2 N–H and O–H groups in total. The minimum absolute atomic E-state index is 0.0421. The summed E-state index contributed by atoms with van der Waals surface area (Å²) in [5.41, 5.74) is 1.72. The zero-order valence-corrected chi connectivity index (χ0v) is 16.4. The molecule has 0 spiro atoms. The highest BCUT2D eigenvalue weighted by molar-refractivity contribution is 6.00. The largest absolute Gasteiger partial charge is 0.478 e. The third-order valence-corrected chi connectivity index (χ3v) is 5.49. The number of nitrogens with one attached hydrogen (secondary N) is 2. The van der Waals surface area contributed by atoms with Crippen LogP contribution in [0.4, 0.5) is 5.69 Å². The molecule has 2 aliphatic rings. The zero-order chi connectivity index (χ0) is 19.2. The first-order valence-corrected chi connectivity index (χ1v) is 10.2. The van der Waals surface area contributed by atoms with Gasteiger partial charge in [0.25, 0.3) is 5.91 Å². The van der Waals surface area contributed by atoms with Crippen LogP contribution in [0.25, 0.3) is 0 Å². The second-order valence-electron chi connectivity index (χ2n) is 7.60. The molecule has 148 valence electrons. The number of aryl methyl sites for hydroxylation is 1. The van der Waals surface area contributed by atoms with Crippen LogP contribution in [0.15, 0.2) is 18.2 Å². The molecule has 0 aliphatic carbocycles. The molecule has 1 fully saturated rings. The first-order valence-electron chi connectivity index (χ1n) is 10.2. The summed E-state index contributed by atoms with van der Waals surface area (Å²) in [7, 11) is 0. The fourth-order valence-electron chi connectivity index (χ4n) is 3.97. The van der Waals surface area contributed by atoms with Gasteiger partial charge in [0.05, 0.1) is 12.1 Å². The normalized spacial score (nSPS) is 22.5. The second-order valence-corrected chi connectivity index (χ2v) is 7.60. The Morgan fingerprint density at radius 2 is 2.22 bits per heavy atom. The lowest BCUT2D eigenvalue weighted by molar-refractivity contribution is -0.130. The van der Waals surface area contributed by atoms with Crippen molar-refractivity contribution >= 4 is 17.5 Å². The average Bonchev–Trinajstić information content (AvgIpc) is 2.66. The van der Waals surface area contributed by atoms with E-state index in [0.29, 0.717) is 24.0 Å². The Balaban J connectivity index is 1.40. The van der Waals surface area contributed by atoms with Crippen molar-refractivity contribution in [2.75, 3.05) is 25.0 Å². The quantitative estimate of drug-likeness (QED) is 0.721. The van der Waals surface area contributed by atoms with Crippen LogP contribution in [-0.2, 0) is 9.59 Å². The highest BCUT2D eigenvalue weighted by atomic mass is 16.5. The summed E-state index contributed by atoms with van der Waals surface area (Å²) in [6, 6.07) is 6.32. The van der Waals surface area contributed by atoms with E-state index in [1.807, 2.05) is 25.1 Å². The number of piperidine rings is 1. The molecule has 2 atom stereocenters. The topological polar surface area (TPSA) is 70.7 Å². The Labute approximate surface area is 161 Å². The number of carbonyl (C=O) groups is 2. The minimum Gasteiger partial charge on any atom is -0.478 e. The summed E-state index contributed by atoms with van der Waals surface area (Å²) < 4.78 is 5.72. The smallest absolute Gasteiger partial charge is 0.266 e. The third-order valence-electron chi connectivity index (χ3n) is 5.49. The predicted octanol–water partition coefficient (Wildman–Crippen LogP) is 2.86. The Bertz CT molecular complexity index is 677. The van der Waals surface area contributed by atoms with E-state index in [1.165, 1.54) is 32.2 Å².